The van der Waals surface area contributed by atoms with Crippen molar-refractivity contribution in [2.75, 3.05) is 0 Å². The molecule has 2 heterocycles. The van der Waals surface area contributed by atoms with Gasteiger partial charge in [-0.25, -0.2) is 4.98 Å². The summed E-state index contributed by atoms with van der Waals surface area (Å²) in [5.74, 6) is 0. The van der Waals surface area contributed by atoms with Crippen molar-refractivity contribution >= 4 is 23.2 Å². The molecular formula is C11H8Cl2N2O. The topological polar surface area (TPSA) is 46.0 Å². The second-order valence-electron chi connectivity index (χ2n) is 3.18. The molecule has 0 aliphatic rings. The minimum atomic E-state index is -0.894. The molecule has 0 aliphatic carbocycles. The van der Waals surface area contributed by atoms with Crippen LogP contribution in [-0.2, 0) is 0 Å². The van der Waals surface area contributed by atoms with E-state index in [1.165, 1.54) is 0 Å². The quantitative estimate of drug-likeness (QED) is 0.839. The Hall–Kier alpha value is -1.16. The molecule has 16 heavy (non-hydrogen) atoms. The summed E-state index contributed by atoms with van der Waals surface area (Å²) in [6.07, 6.45) is 2.29. The minimum absolute atomic E-state index is 0.299. The summed E-state index contributed by atoms with van der Waals surface area (Å²) in [5.41, 5.74) is 1.02. The first-order valence-electron chi connectivity index (χ1n) is 4.58. The number of rotatable bonds is 2. The lowest BCUT2D eigenvalue weighted by Crippen LogP contribution is -2.03. The molecule has 1 N–H and O–H groups in total. The predicted molar refractivity (Wildman–Crippen MR) is 62.6 cm³/mol. The SMILES string of the molecule is OC(c1ccncc1)c1nc(Cl)ccc1Cl. The third-order valence-corrected chi connectivity index (χ3v) is 2.65. The first kappa shape index (κ1) is 11.3. The van der Waals surface area contributed by atoms with Gasteiger partial charge in [0.2, 0.25) is 0 Å². The Morgan fingerprint density at radius 1 is 1.06 bits per heavy atom. The fourth-order valence-electron chi connectivity index (χ4n) is 1.33. The van der Waals surface area contributed by atoms with Gasteiger partial charge < -0.3 is 5.11 Å². The summed E-state index contributed by atoms with van der Waals surface area (Å²) in [5, 5.41) is 10.7. The van der Waals surface area contributed by atoms with Crippen LogP contribution in [0.1, 0.15) is 17.4 Å². The fourth-order valence-corrected chi connectivity index (χ4v) is 1.69. The van der Waals surface area contributed by atoms with Crippen LogP contribution in [0, 0.1) is 0 Å². The molecule has 0 radical (unpaired) electrons. The summed E-state index contributed by atoms with van der Waals surface area (Å²) in [6, 6.07) is 6.58. The smallest absolute Gasteiger partial charge is 0.129 e. The van der Waals surface area contributed by atoms with E-state index in [0.717, 1.165) is 0 Å². The van der Waals surface area contributed by atoms with Crippen LogP contribution in [0.25, 0.3) is 0 Å². The number of aromatic nitrogens is 2. The molecule has 0 fully saturated rings. The highest BCUT2D eigenvalue weighted by Crippen LogP contribution is 2.27. The number of aliphatic hydroxyl groups is 1. The van der Waals surface area contributed by atoms with E-state index in [9.17, 15) is 5.11 Å². The zero-order valence-corrected chi connectivity index (χ0v) is 9.65. The number of nitrogens with zero attached hydrogens (tertiary/aromatic N) is 2. The van der Waals surface area contributed by atoms with E-state index >= 15 is 0 Å². The van der Waals surface area contributed by atoms with Crippen molar-refractivity contribution in [1.29, 1.82) is 0 Å². The largest absolute Gasteiger partial charge is 0.382 e. The van der Waals surface area contributed by atoms with Gasteiger partial charge in [0.15, 0.2) is 0 Å². The predicted octanol–water partition coefficient (Wildman–Crippen LogP) is 2.87. The van der Waals surface area contributed by atoms with Gasteiger partial charge >= 0.3 is 0 Å². The number of hydrogen-bond donors (Lipinski definition) is 1. The highest BCUT2D eigenvalue weighted by atomic mass is 35.5. The van der Waals surface area contributed by atoms with Crippen LogP contribution in [0.5, 0.6) is 0 Å². The fraction of sp³-hybridized carbons (Fsp3) is 0.0909. The van der Waals surface area contributed by atoms with Crippen molar-refractivity contribution in [3.63, 3.8) is 0 Å². The lowest BCUT2D eigenvalue weighted by molar-refractivity contribution is 0.215. The molecule has 82 valence electrons. The Labute approximate surface area is 103 Å². The average Bonchev–Trinajstić information content (AvgIpc) is 2.32. The highest BCUT2D eigenvalue weighted by Gasteiger charge is 2.15. The molecular weight excluding hydrogens is 247 g/mol. The molecule has 0 saturated heterocycles. The third-order valence-electron chi connectivity index (χ3n) is 2.12. The van der Waals surface area contributed by atoms with E-state index in [1.807, 2.05) is 0 Å². The van der Waals surface area contributed by atoms with E-state index in [-0.39, 0.29) is 0 Å². The van der Waals surface area contributed by atoms with Crippen LogP contribution in [0.3, 0.4) is 0 Å². The Bertz CT molecular complexity index is 491. The lowest BCUT2D eigenvalue weighted by atomic mass is 10.1. The molecule has 0 saturated carbocycles. The minimum Gasteiger partial charge on any atom is -0.382 e. The maximum Gasteiger partial charge on any atom is 0.129 e. The van der Waals surface area contributed by atoms with Crippen molar-refractivity contribution < 1.29 is 5.11 Å². The summed E-state index contributed by atoms with van der Waals surface area (Å²) < 4.78 is 0. The van der Waals surface area contributed by atoms with E-state index in [1.54, 1.807) is 36.7 Å². The first-order chi connectivity index (χ1) is 7.68. The van der Waals surface area contributed by atoms with Gasteiger partial charge in [0.05, 0.1) is 10.7 Å². The van der Waals surface area contributed by atoms with Gasteiger partial charge in [0.25, 0.3) is 0 Å². The summed E-state index contributed by atoms with van der Waals surface area (Å²) >= 11 is 11.7. The zero-order chi connectivity index (χ0) is 11.5. The summed E-state index contributed by atoms with van der Waals surface area (Å²) in [7, 11) is 0. The van der Waals surface area contributed by atoms with Gasteiger partial charge in [-0.05, 0) is 29.8 Å². The molecule has 1 unspecified atom stereocenters. The molecule has 5 heteroatoms. The maximum atomic E-state index is 10.1. The highest BCUT2D eigenvalue weighted by molar-refractivity contribution is 6.32. The van der Waals surface area contributed by atoms with Crippen LogP contribution in [0.2, 0.25) is 10.2 Å². The molecule has 3 nitrogen and oxygen atoms in total. The summed E-state index contributed by atoms with van der Waals surface area (Å²) in [6.45, 7) is 0. The molecule has 0 aromatic carbocycles. The molecule has 0 spiro atoms. The van der Waals surface area contributed by atoms with Crippen LogP contribution >= 0.6 is 23.2 Å². The second kappa shape index (κ2) is 4.78. The van der Waals surface area contributed by atoms with Crippen molar-refractivity contribution in [3.8, 4) is 0 Å². The van der Waals surface area contributed by atoms with Gasteiger partial charge in [0.1, 0.15) is 11.3 Å². The van der Waals surface area contributed by atoms with Gasteiger partial charge in [-0.2, -0.15) is 0 Å². The Morgan fingerprint density at radius 2 is 1.75 bits per heavy atom. The molecule has 0 bridgehead atoms. The van der Waals surface area contributed by atoms with Crippen LogP contribution in [0.4, 0.5) is 0 Å². The van der Waals surface area contributed by atoms with Crippen molar-refractivity contribution in [1.82, 2.24) is 9.97 Å². The zero-order valence-electron chi connectivity index (χ0n) is 8.14. The second-order valence-corrected chi connectivity index (χ2v) is 3.98. The molecule has 0 aliphatic heterocycles. The van der Waals surface area contributed by atoms with Crippen LogP contribution in [0.15, 0.2) is 36.7 Å². The van der Waals surface area contributed by atoms with Gasteiger partial charge in [-0.1, -0.05) is 23.2 Å². The Morgan fingerprint density at radius 3 is 2.44 bits per heavy atom. The van der Waals surface area contributed by atoms with E-state index in [2.05, 4.69) is 9.97 Å². The molecule has 2 aromatic heterocycles. The molecule has 2 rings (SSSR count). The van der Waals surface area contributed by atoms with Crippen molar-refractivity contribution in [2.45, 2.75) is 6.10 Å². The number of hydrogen-bond acceptors (Lipinski definition) is 3. The monoisotopic (exact) mass is 254 g/mol. The first-order valence-corrected chi connectivity index (χ1v) is 5.34. The number of pyridine rings is 2. The standard InChI is InChI=1S/C11H8Cl2N2O/c12-8-1-2-9(13)15-10(8)11(16)7-3-5-14-6-4-7/h1-6,11,16H. The Balaban J connectivity index is 2.41. The normalized spacial score (nSPS) is 12.4. The van der Waals surface area contributed by atoms with E-state index in [0.29, 0.717) is 21.4 Å². The van der Waals surface area contributed by atoms with E-state index in [4.69, 9.17) is 23.2 Å². The maximum absolute atomic E-state index is 10.1. The van der Waals surface area contributed by atoms with Crippen LogP contribution < -0.4 is 0 Å². The molecule has 2 aromatic rings. The van der Waals surface area contributed by atoms with Crippen molar-refractivity contribution in [2.24, 2.45) is 0 Å². The third kappa shape index (κ3) is 2.32. The summed E-state index contributed by atoms with van der Waals surface area (Å²) in [4.78, 5) is 7.88. The van der Waals surface area contributed by atoms with Gasteiger partial charge in [-0.3, -0.25) is 4.98 Å². The Kier molecular flexibility index (Phi) is 3.39. The van der Waals surface area contributed by atoms with Crippen LogP contribution in [-0.4, -0.2) is 15.1 Å². The lowest BCUT2D eigenvalue weighted by Gasteiger charge is -2.11. The molecule has 1 atom stereocenters. The van der Waals surface area contributed by atoms with Crippen molar-refractivity contribution in [3.05, 3.63) is 58.1 Å². The molecule has 0 amide bonds. The van der Waals surface area contributed by atoms with Gasteiger partial charge in [0, 0.05) is 12.4 Å². The average molecular weight is 255 g/mol. The van der Waals surface area contributed by atoms with Gasteiger partial charge in [-0.15, -0.1) is 0 Å². The van der Waals surface area contributed by atoms with E-state index < -0.39 is 6.10 Å². The number of halogens is 2. The number of aliphatic hydroxyl groups excluding tert-OH is 1.